The molecular formula is C42H84O9. The van der Waals surface area contributed by atoms with Crippen LogP contribution in [0.15, 0.2) is 24.3 Å². The Labute approximate surface area is 314 Å². The number of hydrogen-bond acceptors (Lipinski definition) is 8. The van der Waals surface area contributed by atoms with Crippen molar-refractivity contribution in [2.75, 3.05) is 40.6 Å². The van der Waals surface area contributed by atoms with Gasteiger partial charge in [0.15, 0.2) is 0 Å². The molecule has 0 aliphatic heterocycles. The van der Waals surface area contributed by atoms with E-state index in [4.69, 9.17) is 19.8 Å². The maximum Gasteiger partial charge on any atom is 0.342 e. The smallest absolute Gasteiger partial charge is 0.342 e. The lowest BCUT2D eigenvalue weighted by molar-refractivity contribution is -0.234. The summed E-state index contributed by atoms with van der Waals surface area (Å²) in [6.07, 6.45) is 42.8. The minimum absolute atomic E-state index is 0. The molecule has 0 saturated heterocycles. The van der Waals surface area contributed by atoms with Crippen LogP contribution in [0.25, 0.3) is 0 Å². The maximum absolute atomic E-state index is 11.4. The third kappa shape index (κ3) is 60.6. The molecule has 0 aromatic carbocycles. The molecule has 0 aliphatic rings. The van der Waals surface area contributed by atoms with Gasteiger partial charge in [-0.1, -0.05) is 141 Å². The lowest BCUT2D eigenvalue weighted by Crippen LogP contribution is -2.09. The Hall–Kier alpha value is -1.78. The Morgan fingerprint density at radius 1 is 0.471 bits per heavy atom. The second-order valence-corrected chi connectivity index (χ2v) is 13.1. The number of carbonyl (C=O) groups excluding carboxylic acids is 2. The number of ether oxygens (including phenoxy) is 3. The van der Waals surface area contributed by atoms with E-state index in [-0.39, 0.29) is 18.1 Å². The Bertz CT molecular complexity index is 696. The second-order valence-electron chi connectivity index (χ2n) is 13.1. The molecule has 0 aromatic heterocycles. The van der Waals surface area contributed by atoms with E-state index >= 15 is 0 Å². The Balaban J connectivity index is -0.000000377. The zero-order valence-corrected chi connectivity index (χ0v) is 33.8. The number of hydrogen-bond donors (Lipinski definition) is 2. The second kappa shape index (κ2) is 55.0. The molecule has 0 heterocycles. The number of allylic oxidation sites excluding steroid dienone is 4. The highest BCUT2D eigenvalue weighted by Gasteiger charge is 2.02. The van der Waals surface area contributed by atoms with E-state index in [0.717, 1.165) is 32.1 Å². The van der Waals surface area contributed by atoms with Gasteiger partial charge in [-0.05, 0) is 64.2 Å². The first-order chi connectivity index (χ1) is 24.5. The van der Waals surface area contributed by atoms with Crippen LogP contribution in [0.4, 0.5) is 0 Å². The van der Waals surface area contributed by atoms with Gasteiger partial charge in [-0.25, -0.2) is 4.79 Å². The van der Waals surface area contributed by atoms with Gasteiger partial charge in [0.25, 0.3) is 0 Å². The topological polar surface area (TPSA) is 143 Å². The summed E-state index contributed by atoms with van der Waals surface area (Å²) in [4.78, 5) is 25.7. The molecule has 0 atom stereocenters. The summed E-state index contributed by atoms with van der Waals surface area (Å²) in [6, 6.07) is 0. The molecule has 0 radical (unpaired) electrons. The zero-order chi connectivity index (χ0) is 37.4. The van der Waals surface area contributed by atoms with Crippen molar-refractivity contribution >= 4 is 11.9 Å². The quantitative estimate of drug-likeness (QED) is 0.0215. The molecule has 0 amide bonds. The molecular weight excluding hydrogens is 648 g/mol. The predicted molar refractivity (Wildman–Crippen MR) is 213 cm³/mol. The minimum Gasteiger partial charge on any atom is -0.463 e. The number of esters is 1. The van der Waals surface area contributed by atoms with Crippen molar-refractivity contribution in [3.8, 4) is 0 Å². The Kier molecular flexibility index (Phi) is 60.3. The third-order valence-electron chi connectivity index (χ3n) is 8.23. The molecule has 0 bridgehead atoms. The number of methoxy groups -OCH3 is 2. The Morgan fingerprint density at radius 2 is 0.804 bits per heavy atom. The molecule has 0 fully saturated rings. The first-order valence-electron chi connectivity index (χ1n) is 20.4. The fourth-order valence-electron chi connectivity index (χ4n) is 5.13. The highest BCUT2D eigenvalue weighted by molar-refractivity contribution is 5.69. The zero-order valence-electron chi connectivity index (χ0n) is 33.8. The van der Waals surface area contributed by atoms with Crippen molar-refractivity contribution < 1.29 is 44.5 Å². The fourth-order valence-corrected chi connectivity index (χ4v) is 5.13. The number of carbonyl (C=O) groups is 2. The van der Waals surface area contributed by atoms with Crippen molar-refractivity contribution in [3.63, 3.8) is 0 Å². The van der Waals surface area contributed by atoms with Gasteiger partial charge in [0.1, 0.15) is 6.61 Å². The summed E-state index contributed by atoms with van der Waals surface area (Å²) in [7, 11) is 3.16. The largest absolute Gasteiger partial charge is 0.463 e. The van der Waals surface area contributed by atoms with Gasteiger partial charge in [0, 0.05) is 27.1 Å². The fraction of sp³-hybridized carbons (Fsp3) is 0.857. The highest BCUT2D eigenvalue weighted by Crippen LogP contribution is 2.12. The van der Waals surface area contributed by atoms with Crippen molar-refractivity contribution in [1.82, 2.24) is 0 Å². The first kappa shape index (κ1) is 56.0. The molecule has 0 spiro atoms. The van der Waals surface area contributed by atoms with Gasteiger partial charge >= 0.3 is 11.9 Å². The van der Waals surface area contributed by atoms with E-state index in [2.05, 4.69) is 47.8 Å². The van der Waals surface area contributed by atoms with E-state index in [0.29, 0.717) is 32.7 Å². The lowest BCUT2D eigenvalue weighted by atomic mass is 10.1. The van der Waals surface area contributed by atoms with Crippen molar-refractivity contribution in [2.45, 2.75) is 194 Å². The molecule has 4 N–H and O–H groups in total. The molecule has 0 aliphatic carbocycles. The van der Waals surface area contributed by atoms with Gasteiger partial charge in [-0.2, -0.15) is 5.26 Å². The summed E-state index contributed by atoms with van der Waals surface area (Å²) in [6.45, 7) is 5.95. The highest BCUT2D eigenvalue weighted by atomic mass is 17.1. The summed E-state index contributed by atoms with van der Waals surface area (Å²) in [5, 5.41) is 16.0. The number of unbranched alkanes of at least 4 members (excludes halogenated alkanes) is 22. The first-order valence-corrected chi connectivity index (χ1v) is 20.4. The average molecular weight is 733 g/mol. The van der Waals surface area contributed by atoms with E-state index in [1.807, 2.05) is 0 Å². The van der Waals surface area contributed by atoms with Crippen molar-refractivity contribution in [3.05, 3.63) is 24.3 Å². The van der Waals surface area contributed by atoms with Crippen LogP contribution in [0.3, 0.4) is 0 Å². The summed E-state index contributed by atoms with van der Waals surface area (Å²) in [5.41, 5.74) is 0. The normalized spacial score (nSPS) is 10.7. The van der Waals surface area contributed by atoms with Crippen LogP contribution < -0.4 is 0 Å². The van der Waals surface area contributed by atoms with E-state index in [1.165, 1.54) is 135 Å². The molecule has 51 heavy (non-hydrogen) atoms. The molecule has 0 unspecified atom stereocenters. The average Bonchev–Trinajstić information content (AvgIpc) is 3.12. The SMILES string of the molecule is CCCCCCCC/C=C/CCCCCCCC(=O)OCCOC.CCCCCCCC/C=C/CCCCCCCC(=O)OO.COCCO.O. The van der Waals surface area contributed by atoms with Crippen LogP contribution in [0.2, 0.25) is 0 Å². The van der Waals surface area contributed by atoms with Gasteiger partial charge in [-0.3, -0.25) is 4.79 Å². The molecule has 0 rings (SSSR count). The maximum atomic E-state index is 11.4. The predicted octanol–water partition coefficient (Wildman–Crippen LogP) is 11.1. The number of aliphatic hydroxyl groups excluding tert-OH is 1. The summed E-state index contributed by atoms with van der Waals surface area (Å²) in [5.74, 6) is -0.614. The van der Waals surface area contributed by atoms with Crippen LogP contribution in [-0.4, -0.2) is 68.4 Å². The minimum atomic E-state index is -0.521. The molecule has 306 valence electrons. The van der Waals surface area contributed by atoms with Crippen molar-refractivity contribution in [2.24, 2.45) is 0 Å². The van der Waals surface area contributed by atoms with Crippen LogP contribution >= 0.6 is 0 Å². The van der Waals surface area contributed by atoms with Gasteiger partial charge in [0.2, 0.25) is 0 Å². The third-order valence-corrected chi connectivity index (χ3v) is 8.23. The van der Waals surface area contributed by atoms with Gasteiger partial charge < -0.3 is 29.7 Å². The number of aliphatic hydroxyl groups is 1. The van der Waals surface area contributed by atoms with Crippen LogP contribution in [-0.2, 0) is 28.7 Å². The van der Waals surface area contributed by atoms with Gasteiger partial charge in [-0.15, -0.1) is 0 Å². The Morgan fingerprint density at radius 3 is 1.12 bits per heavy atom. The van der Waals surface area contributed by atoms with Gasteiger partial charge in [0.05, 0.1) is 19.8 Å². The standard InChI is InChI=1S/C21H40O3.C18H34O3.C3H8O2.H2O/c1-3-4-5-6-7-8-9-10-11-12-13-14-15-16-17-18-21(22)24-20-19-23-2;1-2-3-4-5-6-7-8-9-10-11-12-13-14-15-16-17-18(19)21-20;1-5-3-2-4;/h10-11H,3-9,12-20H2,1-2H3;9-10,20H,2-8,11-17H2,1H3;4H,2-3H2,1H3;1H2/b11-10+;10-9+;;. The van der Waals surface area contributed by atoms with Crippen molar-refractivity contribution in [1.29, 1.82) is 0 Å². The molecule has 0 aromatic rings. The van der Waals surface area contributed by atoms with E-state index in [9.17, 15) is 9.59 Å². The number of rotatable bonds is 35. The van der Waals surface area contributed by atoms with Crippen LogP contribution in [0.5, 0.6) is 0 Å². The lowest BCUT2D eigenvalue weighted by Gasteiger charge is -2.03. The molecule has 9 nitrogen and oxygen atoms in total. The van der Waals surface area contributed by atoms with E-state index in [1.54, 1.807) is 14.2 Å². The van der Waals surface area contributed by atoms with E-state index < -0.39 is 5.97 Å². The summed E-state index contributed by atoms with van der Waals surface area (Å²) < 4.78 is 14.3. The molecule has 0 saturated carbocycles. The van der Waals surface area contributed by atoms with Crippen LogP contribution in [0.1, 0.15) is 194 Å². The summed E-state index contributed by atoms with van der Waals surface area (Å²) >= 11 is 0. The van der Waals surface area contributed by atoms with Crippen LogP contribution in [0, 0.1) is 0 Å². The molecule has 9 heteroatoms. The monoisotopic (exact) mass is 733 g/mol.